The predicted molar refractivity (Wildman–Crippen MR) is 43.2 cm³/mol. The molecule has 1 aromatic rings. The number of hydrogen-bond donors (Lipinski definition) is 2. The fraction of sp³-hybridized carbons (Fsp3) is 0.429. The summed E-state index contributed by atoms with van der Waals surface area (Å²) in [6, 6.07) is 1.70. The summed E-state index contributed by atoms with van der Waals surface area (Å²) in [5.41, 5.74) is 0.874. The molecule has 5 heteroatoms. The zero-order valence-electron chi connectivity index (χ0n) is 6.37. The first-order valence-electron chi connectivity index (χ1n) is 3.49. The van der Waals surface area contributed by atoms with Crippen molar-refractivity contribution in [2.75, 3.05) is 5.75 Å². The minimum atomic E-state index is -3.81. The molecule has 4 nitrogen and oxygen atoms in total. The average molecular weight is 187 g/mol. The molecule has 0 saturated heterocycles. The number of H-pyrrole nitrogens is 1. The minimum Gasteiger partial charge on any atom is -0.352 e. The number of aromatic nitrogens is 1. The van der Waals surface area contributed by atoms with Crippen LogP contribution in [0.2, 0.25) is 0 Å². The number of aromatic amines is 1. The smallest absolute Gasteiger partial charge is 0.264 e. The molecule has 0 saturated carbocycles. The first-order valence-corrected chi connectivity index (χ1v) is 5.09. The van der Waals surface area contributed by atoms with Crippen molar-refractivity contribution < 1.29 is 13.0 Å². The van der Waals surface area contributed by atoms with Gasteiger partial charge in [0.2, 0.25) is 0 Å². The second-order valence-electron chi connectivity index (χ2n) is 2.45. The number of rotatable bonds is 4. The SMILES string of the molecule is O=S(=O)(O)CCCc1[c][nH][c]c1. The Kier molecular flexibility index (Phi) is 2.88. The summed E-state index contributed by atoms with van der Waals surface area (Å²) in [7, 11) is -3.81. The van der Waals surface area contributed by atoms with Crippen LogP contribution in [0.3, 0.4) is 0 Å². The standard InChI is InChI=1S/C7H9NO3S/c9-12(10,11)5-1-2-7-3-4-8-6-7/h3,8H,1-2,5H2,(H,9,10,11). The molecule has 0 amide bonds. The Hall–Kier alpha value is -0.810. The lowest BCUT2D eigenvalue weighted by atomic mass is 10.2. The summed E-state index contributed by atoms with van der Waals surface area (Å²) in [5.74, 6) is -0.202. The molecule has 0 spiro atoms. The molecule has 2 radical (unpaired) electrons. The maximum absolute atomic E-state index is 10.3. The number of aryl methyl sites for hydroxylation is 1. The fourth-order valence-electron chi connectivity index (χ4n) is 0.855. The van der Waals surface area contributed by atoms with Gasteiger partial charge in [-0.25, -0.2) is 0 Å². The molecule has 1 heterocycles. The van der Waals surface area contributed by atoms with Crippen LogP contribution < -0.4 is 0 Å². The largest absolute Gasteiger partial charge is 0.352 e. The molecule has 0 fully saturated rings. The first kappa shape index (κ1) is 9.28. The third-order valence-corrected chi connectivity index (χ3v) is 2.19. The quantitative estimate of drug-likeness (QED) is 0.672. The van der Waals surface area contributed by atoms with Crippen LogP contribution in [0.5, 0.6) is 0 Å². The zero-order chi connectivity index (χ0) is 9.03. The minimum absolute atomic E-state index is 0.202. The van der Waals surface area contributed by atoms with Gasteiger partial charge in [0.15, 0.2) is 0 Å². The highest BCUT2D eigenvalue weighted by Crippen LogP contribution is 2.00. The third-order valence-electron chi connectivity index (χ3n) is 1.39. The van der Waals surface area contributed by atoms with Gasteiger partial charge in [-0.2, -0.15) is 8.42 Å². The van der Waals surface area contributed by atoms with Gasteiger partial charge in [-0.1, -0.05) is 0 Å². The van der Waals surface area contributed by atoms with E-state index in [1.165, 1.54) is 0 Å². The molecular formula is C7H9NO3S. The molecule has 1 rings (SSSR count). The van der Waals surface area contributed by atoms with Gasteiger partial charge in [-0.15, -0.1) is 0 Å². The van der Waals surface area contributed by atoms with Crippen LogP contribution in [0.15, 0.2) is 6.07 Å². The van der Waals surface area contributed by atoms with E-state index in [9.17, 15) is 8.42 Å². The van der Waals surface area contributed by atoms with Crippen molar-refractivity contribution in [2.45, 2.75) is 12.8 Å². The monoisotopic (exact) mass is 187 g/mol. The summed E-state index contributed by atoms with van der Waals surface area (Å²) < 4.78 is 29.0. The van der Waals surface area contributed by atoms with Crippen molar-refractivity contribution in [1.82, 2.24) is 4.98 Å². The van der Waals surface area contributed by atoms with Crippen LogP contribution in [0.25, 0.3) is 0 Å². The van der Waals surface area contributed by atoms with Gasteiger partial charge < -0.3 is 4.98 Å². The number of nitrogens with one attached hydrogen (secondary N) is 1. The molecule has 0 aliphatic heterocycles. The van der Waals surface area contributed by atoms with E-state index in [0.717, 1.165) is 5.56 Å². The second-order valence-corrected chi connectivity index (χ2v) is 4.03. The van der Waals surface area contributed by atoms with Crippen LogP contribution in [0.1, 0.15) is 12.0 Å². The highest BCUT2D eigenvalue weighted by molar-refractivity contribution is 7.85. The van der Waals surface area contributed by atoms with Gasteiger partial charge in [0.05, 0.1) is 18.1 Å². The Labute approximate surface area is 71.4 Å². The van der Waals surface area contributed by atoms with E-state index in [4.69, 9.17) is 4.55 Å². The number of hydrogen-bond acceptors (Lipinski definition) is 2. The van der Waals surface area contributed by atoms with E-state index >= 15 is 0 Å². The lowest BCUT2D eigenvalue weighted by molar-refractivity contribution is 0.481. The van der Waals surface area contributed by atoms with Crippen LogP contribution in [0.4, 0.5) is 0 Å². The normalized spacial score (nSPS) is 11.8. The summed E-state index contributed by atoms with van der Waals surface area (Å²) >= 11 is 0. The van der Waals surface area contributed by atoms with Gasteiger partial charge in [-0.05, 0) is 24.5 Å². The van der Waals surface area contributed by atoms with Crippen molar-refractivity contribution in [3.05, 3.63) is 24.0 Å². The molecule has 0 bridgehead atoms. The summed E-state index contributed by atoms with van der Waals surface area (Å²) in [6.07, 6.45) is 6.44. The van der Waals surface area contributed by atoms with E-state index < -0.39 is 10.1 Å². The van der Waals surface area contributed by atoms with Gasteiger partial charge >= 0.3 is 0 Å². The van der Waals surface area contributed by atoms with Crippen LogP contribution in [-0.4, -0.2) is 23.7 Å². The maximum Gasteiger partial charge on any atom is 0.264 e. The summed E-state index contributed by atoms with van der Waals surface area (Å²) in [5, 5.41) is 0. The zero-order valence-corrected chi connectivity index (χ0v) is 7.19. The molecular weight excluding hydrogens is 178 g/mol. The van der Waals surface area contributed by atoms with E-state index in [1.54, 1.807) is 6.07 Å². The van der Waals surface area contributed by atoms with Crippen molar-refractivity contribution in [3.63, 3.8) is 0 Å². The highest BCUT2D eigenvalue weighted by Gasteiger charge is 2.03. The molecule has 66 valence electrons. The molecule has 0 atom stereocenters. The molecule has 1 aromatic heterocycles. The Balaban J connectivity index is 2.29. The molecule has 0 aliphatic carbocycles. The van der Waals surface area contributed by atoms with Gasteiger partial charge in [0.1, 0.15) is 0 Å². The Morgan fingerprint density at radius 3 is 2.83 bits per heavy atom. The van der Waals surface area contributed by atoms with Crippen molar-refractivity contribution in [1.29, 1.82) is 0 Å². The molecule has 2 N–H and O–H groups in total. The van der Waals surface area contributed by atoms with E-state index in [0.29, 0.717) is 12.8 Å². The summed E-state index contributed by atoms with van der Waals surface area (Å²) in [4.78, 5) is 2.62. The van der Waals surface area contributed by atoms with Crippen LogP contribution in [-0.2, 0) is 16.5 Å². The van der Waals surface area contributed by atoms with Crippen molar-refractivity contribution >= 4 is 10.1 Å². The van der Waals surface area contributed by atoms with Crippen molar-refractivity contribution in [2.24, 2.45) is 0 Å². The van der Waals surface area contributed by atoms with Gasteiger partial charge in [0, 0.05) is 0 Å². The van der Waals surface area contributed by atoms with Crippen LogP contribution in [0, 0.1) is 12.4 Å². The van der Waals surface area contributed by atoms with Crippen molar-refractivity contribution in [3.8, 4) is 0 Å². The first-order chi connectivity index (χ1) is 5.58. The second kappa shape index (κ2) is 3.73. The van der Waals surface area contributed by atoms with E-state index in [-0.39, 0.29) is 5.75 Å². The third kappa shape index (κ3) is 3.54. The Morgan fingerprint density at radius 2 is 2.33 bits per heavy atom. The average Bonchev–Trinajstić information content (AvgIpc) is 2.36. The fourth-order valence-corrected chi connectivity index (χ4v) is 1.36. The predicted octanol–water partition coefficient (Wildman–Crippen LogP) is 0.435. The molecule has 0 unspecified atom stereocenters. The molecule has 12 heavy (non-hydrogen) atoms. The Morgan fingerprint density at radius 1 is 1.58 bits per heavy atom. The lowest BCUT2D eigenvalue weighted by Gasteiger charge is -1.94. The highest BCUT2D eigenvalue weighted by atomic mass is 32.2. The van der Waals surface area contributed by atoms with Gasteiger partial charge in [-0.3, -0.25) is 4.55 Å². The molecule has 0 aromatic carbocycles. The summed E-state index contributed by atoms with van der Waals surface area (Å²) in [6.45, 7) is 0. The lowest BCUT2D eigenvalue weighted by Crippen LogP contribution is -2.04. The molecule has 0 aliphatic rings. The van der Waals surface area contributed by atoms with E-state index in [1.807, 2.05) is 0 Å². The van der Waals surface area contributed by atoms with E-state index in [2.05, 4.69) is 17.4 Å². The van der Waals surface area contributed by atoms with Crippen LogP contribution >= 0.6 is 0 Å². The van der Waals surface area contributed by atoms with Gasteiger partial charge in [0.25, 0.3) is 10.1 Å². The topological polar surface area (TPSA) is 70.2 Å². The maximum atomic E-state index is 10.3. The Bertz CT molecular complexity index is 314.